The van der Waals surface area contributed by atoms with Crippen molar-refractivity contribution in [3.05, 3.63) is 52.5 Å². The van der Waals surface area contributed by atoms with Crippen LogP contribution in [0.3, 0.4) is 0 Å². The van der Waals surface area contributed by atoms with Crippen LogP contribution in [0, 0.1) is 11.8 Å². The Labute approximate surface area is 187 Å². The lowest BCUT2D eigenvalue weighted by Gasteiger charge is -2.54. The van der Waals surface area contributed by atoms with Gasteiger partial charge in [0.1, 0.15) is 12.2 Å². The molecule has 1 amide bonds. The van der Waals surface area contributed by atoms with Crippen molar-refractivity contribution in [2.75, 3.05) is 19.6 Å². The average Bonchev–Trinajstić information content (AvgIpc) is 3.35. The van der Waals surface area contributed by atoms with Crippen LogP contribution in [0.4, 0.5) is 0 Å². The number of furan rings is 1. The van der Waals surface area contributed by atoms with Crippen LogP contribution in [-0.2, 0) is 11.3 Å². The van der Waals surface area contributed by atoms with E-state index in [0.29, 0.717) is 29.3 Å². The van der Waals surface area contributed by atoms with Crippen LogP contribution >= 0.6 is 0 Å². The number of fused-ring (bicyclic) bond motifs is 6. The summed E-state index contributed by atoms with van der Waals surface area (Å²) in [7, 11) is 0. The molecule has 5 heterocycles. The third kappa shape index (κ3) is 3.43. The van der Waals surface area contributed by atoms with Gasteiger partial charge in [0.15, 0.2) is 5.76 Å². The fraction of sp³-hybridized carbons (Fsp3) is 0.560. The molecule has 1 aliphatic carbocycles. The second kappa shape index (κ2) is 8.03. The van der Waals surface area contributed by atoms with Crippen LogP contribution in [0.5, 0.6) is 0 Å². The van der Waals surface area contributed by atoms with Crippen molar-refractivity contribution in [2.45, 2.75) is 57.2 Å². The van der Waals surface area contributed by atoms with Gasteiger partial charge in [-0.25, -0.2) is 4.68 Å². The van der Waals surface area contributed by atoms with E-state index in [1.165, 1.54) is 48.5 Å². The molecule has 2 aromatic rings. The molecule has 0 aromatic carbocycles. The van der Waals surface area contributed by atoms with Crippen molar-refractivity contribution in [3.63, 3.8) is 0 Å². The lowest BCUT2D eigenvalue weighted by molar-refractivity contribution is -0.137. The predicted molar refractivity (Wildman–Crippen MR) is 120 cm³/mol. The first kappa shape index (κ1) is 20.0. The number of carbonyl (C=O) groups is 1. The minimum absolute atomic E-state index is 0.00832. The number of rotatable bonds is 3. The van der Waals surface area contributed by atoms with E-state index >= 15 is 0 Å². The topological polar surface area (TPSA) is 71.6 Å². The maximum atomic E-state index is 13.5. The quantitative estimate of drug-likeness (QED) is 0.695. The zero-order valence-corrected chi connectivity index (χ0v) is 18.4. The van der Waals surface area contributed by atoms with Gasteiger partial charge >= 0.3 is 0 Å². The maximum absolute atomic E-state index is 13.5. The van der Waals surface area contributed by atoms with Crippen LogP contribution in [0.2, 0.25) is 0 Å². The molecule has 2 unspecified atom stereocenters. The third-order valence-electron chi connectivity index (χ3n) is 7.90. The Morgan fingerprint density at radius 2 is 2.09 bits per heavy atom. The van der Waals surface area contributed by atoms with Gasteiger partial charge in [0.05, 0.1) is 12.3 Å². The fourth-order valence-corrected chi connectivity index (χ4v) is 6.59. The minimum atomic E-state index is -0.265. The molecule has 7 heteroatoms. The first-order chi connectivity index (χ1) is 15.7. The summed E-state index contributed by atoms with van der Waals surface area (Å²) in [4.78, 5) is 30.7. The standard InChI is InChI=1S/C25H30N4O3/c30-23-9-8-20(22-7-4-12-32-22)26-29(23)16-24(31)28-11-3-5-17-13-18-14-19(25(17)28)15-27-10-2-1-6-21(18)27/h4,7-9,12-13,18-19,21,25H,1-3,5-6,10-11,14-16H2/t18?,19?,21-,25-/m1/s1. The molecule has 3 saturated heterocycles. The maximum Gasteiger partial charge on any atom is 0.267 e. The second-order valence-electron chi connectivity index (χ2n) is 9.79. The molecule has 3 fully saturated rings. The number of hydrogen-bond acceptors (Lipinski definition) is 5. The summed E-state index contributed by atoms with van der Waals surface area (Å²) in [5, 5.41) is 4.41. The van der Waals surface area contributed by atoms with Crippen LogP contribution < -0.4 is 5.56 Å². The van der Waals surface area contributed by atoms with Crippen molar-refractivity contribution in [3.8, 4) is 11.5 Å². The molecule has 2 aromatic heterocycles. The summed E-state index contributed by atoms with van der Waals surface area (Å²) in [5.41, 5.74) is 1.75. The molecule has 0 saturated carbocycles. The van der Waals surface area contributed by atoms with Crippen molar-refractivity contribution in [1.29, 1.82) is 0 Å². The largest absolute Gasteiger partial charge is 0.463 e. The molecule has 168 valence electrons. The molecule has 4 atom stereocenters. The molecule has 6 rings (SSSR count). The fourth-order valence-electron chi connectivity index (χ4n) is 6.59. The van der Waals surface area contributed by atoms with Gasteiger partial charge in [-0.15, -0.1) is 0 Å². The van der Waals surface area contributed by atoms with Crippen molar-refractivity contribution >= 4 is 5.91 Å². The van der Waals surface area contributed by atoms with Gasteiger partial charge < -0.3 is 9.32 Å². The highest BCUT2D eigenvalue weighted by atomic mass is 16.3. The summed E-state index contributed by atoms with van der Waals surface area (Å²) in [6.07, 6.45) is 11.3. The molecule has 0 N–H and O–H groups in total. The number of hydrogen-bond donors (Lipinski definition) is 0. The molecule has 0 spiro atoms. The van der Waals surface area contributed by atoms with Crippen LogP contribution in [0.25, 0.3) is 11.5 Å². The Morgan fingerprint density at radius 1 is 1.16 bits per heavy atom. The highest BCUT2D eigenvalue weighted by Crippen LogP contribution is 2.45. The number of carbonyl (C=O) groups excluding carboxylic acids is 1. The van der Waals surface area contributed by atoms with Gasteiger partial charge in [0.25, 0.3) is 5.56 Å². The van der Waals surface area contributed by atoms with E-state index in [9.17, 15) is 9.59 Å². The van der Waals surface area contributed by atoms with Crippen LogP contribution in [0.15, 0.2) is 51.4 Å². The number of amides is 1. The van der Waals surface area contributed by atoms with Crippen LogP contribution in [-0.4, -0.2) is 57.2 Å². The Hall–Kier alpha value is -2.67. The Balaban J connectivity index is 1.26. The summed E-state index contributed by atoms with van der Waals surface area (Å²) < 4.78 is 6.69. The molecular weight excluding hydrogens is 404 g/mol. The molecule has 2 bridgehead atoms. The summed E-state index contributed by atoms with van der Waals surface area (Å²) in [6, 6.07) is 7.57. The number of nitrogens with zero attached hydrogens (tertiary/aromatic N) is 4. The predicted octanol–water partition coefficient (Wildman–Crippen LogP) is 2.92. The number of piperidine rings is 3. The van der Waals surface area contributed by atoms with Crippen molar-refractivity contribution in [2.24, 2.45) is 11.8 Å². The highest BCUT2D eigenvalue weighted by molar-refractivity contribution is 5.77. The molecular formula is C25H30N4O3. The SMILES string of the molecule is O=C(Cn1nc(-c2ccco2)ccc1=O)N1CCCC2=CC3CC(CN4CCCC[C@H]34)[C@@H]21. The molecule has 0 radical (unpaired) electrons. The lowest BCUT2D eigenvalue weighted by Crippen LogP contribution is -2.60. The minimum Gasteiger partial charge on any atom is -0.463 e. The van der Waals surface area contributed by atoms with E-state index in [1.807, 2.05) is 4.90 Å². The van der Waals surface area contributed by atoms with E-state index in [-0.39, 0.29) is 24.1 Å². The Kier molecular flexibility index (Phi) is 5.01. The van der Waals surface area contributed by atoms with Gasteiger partial charge in [-0.1, -0.05) is 18.1 Å². The van der Waals surface area contributed by atoms with Gasteiger partial charge in [-0.2, -0.15) is 5.10 Å². The van der Waals surface area contributed by atoms with E-state index in [2.05, 4.69) is 16.1 Å². The van der Waals surface area contributed by atoms with Gasteiger partial charge in [-0.05, 0) is 68.7 Å². The van der Waals surface area contributed by atoms with E-state index < -0.39 is 0 Å². The van der Waals surface area contributed by atoms with E-state index in [1.54, 1.807) is 24.5 Å². The Morgan fingerprint density at radius 3 is 2.97 bits per heavy atom. The number of likely N-dealkylation sites (tertiary alicyclic amines) is 1. The van der Waals surface area contributed by atoms with Gasteiger partial charge in [0.2, 0.25) is 5.91 Å². The zero-order chi connectivity index (χ0) is 21.7. The highest BCUT2D eigenvalue weighted by Gasteiger charge is 2.46. The number of aromatic nitrogens is 2. The van der Waals surface area contributed by atoms with Crippen molar-refractivity contribution < 1.29 is 9.21 Å². The molecule has 7 nitrogen and oxygen atoms in total. The van der Waals surface area contributed by atoms with Gasteiger partial charge in [0, 0.05) is 25.2 Å². The van der Waals surface area contributed by atoms with Crippen molar-refractivity contribution in [1.82, 2.24) is 19.6 Å². The summed E-state index contributed by atoms with van der Waals surface area (Å²) >= 11 is 0. The zero-order valence-electron chi connectivity index (χ0n) is 18.4. The Bertz CT molecular complexity index is 1090. The lowest BCUT2D eigenvalue weighted by atomic mass is 9.68. The first-order valence-electron chi connectivity index (χ1n) is 12.0. The third-order valence-corrected chi connectivity index (χ3v) is 7.90. The summed E-state index contributed by atoms with van der Waals surface area (Å²) in [5.74, 6) is 1.72. The average molecular weight is 435 g/mol. The van der Waals surface area contributed by atoms with Gasteiger partial charge in [-0.3, -0.25) is 14.5 Å². The van der Waals surface area contributed by atoms with E-state index in [0.717, 1.165) is 25.9 Å². The second-order valence-corrected chi connectivity index (χ2v) is 9.79. The monoisotopic (exact) mass is 434 g/mol. The summed E-state index contributed by atoms with van der Waals surface area (Å²) in [6.45, 7) is 3.03. The normalized spacial score (nSPS) is 29.8. The van der Waals surface area contributed by atoms with E-state index in [4.69, 9.17) is 4.42 Å². The smallest absolute Gasteiger partial charge is 0.267 e. The molecule has 4 aliphatic rings. The molecule has 32 heavy (non-hydrogen) atoms. The molecule has 3 aliphatic heterocycles. The van der Waals surface area contributed by atoms with Crippen LogP contribution in [0.1, 0.15) is 38.5 Å². The first-order valence-corrected chi connectivity index (χ1v) is 12.0.